The number of halogens is 1. The Balaban J connectivity index is 2.00. The van der Waals surface area contributed by atoms with Crippen molar-refractivity contribution in [3.8, 4) is 5.75 Å². The molecule has 1 aromatic carbocycles. The Morgan fingerprint density at radius 1 is 1.47 bits per heavy atom. The van der Waals surface area contributed by atoms with E-state index in [9.17, 15) is 4.79 Å². The van der Waals surface area contributed by atoms with E-state index in [1.165, 1.54) is 6.42 Å². The average molecular weight is 299 g/mol. The summed E-state index contributed by atoms with van der Waals surface area (Å²) in [7, 11) is 1.58. The van der Waals surface area contributed by atoms with E-state index in [1.807, 2.05) is 18.2 Å². The molecule has 0 bridgehead atoms. The van der Waals surface area contributed by atoms with E-state index in [-0.39, 0.29) is 6.03 Å². The minimum absolute atomic E-state index is 0.175. The summed E-state index contributed by atoms with van der Waals surface area (Å²) in [5.41, 5.74) is 0.665. The van der Waals surface area contributed by atoms with Crippen molar-refractivity contribution in [3.63, 3.8) is 0 Å². The zero-order valence-electron chi connectivity index (χ0n) is 9.63. The molecule has 92 valence electrons. The molecule has 1 aliphatic rings. The number of rotatable bonds is 3. The van der Waals surface area contributed by atoms with E-state index < -0.39 is 0 Å². The number of anilines is 1. The Morgan fingerprint density at radius 3 is 2.82 bits per heavy atom. The molecule has 5 heteroatoms. The fourth-order valence-electron chi connectivity index (χ4n) is 1.67. The van der Waals surface area contributed by atoms with Crippen molar-refractivity contribution in [2.24, 2.45) is 0 Å². The fraction of sp³-hybridized carbons (Fsp3) is 0.417. The molecule has 0 aromatic heterocycles. The second-order valence-corrected chi connectivity index (χ2v) is 4.99. The van der Waals surface area contributed by atoms with E-state index in [4.69, 9.17) is 4.74 Å². The van der Waals surface area contributed by atoms with Crippen LogP contribution in [0.2, 0.25) is 0 Å². The number of benzene rings is 1. The van der Waals surface area contributed by atoms with Crippen LogP contribution in [-0.2, 0) is 0 Å². The first-order valence-electron chi connectivity index (χ1n) is 5.60. The molecule has 0 spiro atoms. The normalized spacial score (nSPS) is 14.9. The fourth-order valence-corrected chi connectivity index (χ4v) is 2.04. The lowest BCUT2D eigenvalue weighted by Gasteiger charge is -2.26. The molecule has 0 unspecified atom stereocenters. The van der Waals surface area contributed by atoms with Crippen molar-refractivity contribution < 1.29 is 9.53 Å². The summed E-state index contributed by atoms with van der Waals surface area (Å²) in [5.74, 6) is 0.650. The number of urea groups is 1. The minimum atomic E-state index is -0.175. The highest BCUT2D eigenvalue weighted by molar-refractivity contribution is 9.10. The van der Waals surface area contributed by atoms with Gasteiger partial charge in [-0.1, -0.05) is 15.9 Å². The molecule has 2 rings (SSSR count). The van der Waals surface area contributed by atoms with Crippen LogP contribution in [-0.4, -0.2) is 19.2 Å². The zero-order valence-corrected chi connectivity index (χ0v) is 11.2. The van der Waals surface area contributed by atoms with Gasteiger partial charge in [0.15, 0.2) is 0 Å². The van der Waals surface area contributed by atoms with E-state index in [2.05, 4.69) is 26.6 Å². The summed E-state index contributed by atoms with van der Waals surface area (Å²) in [4.78, 5) is 11.7. The van der Waals surface area contributed by atoms with Gasteiger partial charge in [-0.25, -0.2) is 4.79 Å². The number of hydrogen-bond acceptors (Lipinski definition) is 2. The Hall–Kier alpha value is -1.23. The monoisotopic (exact) mass is 298 g/mol. The molecule has 0 heterocycles. The van der Waals surface area contributed by atoms with Gasteiger partial charge in [0.2, 0.25) is 0 Å². The number of carbonyl (C=O) groups is 1. The van der Waals surface area contributed by atoms with Crippen molar-refractivity contribution in [1.82, 2.24) is 5.32 Å². The Bertz CT molecular complexity index is 419. The van der Waals surface area contributed by atoms with Gasteiger partial charge in [-0.05, 0) is 37.5 Å². The van der Waals surface area contributed by atoms with Gasteiger partial charge >= 0.3 is 6.03 Å². The summed E-state index contributed by atoms with van der Waals surface area (Å²) in [6.07, 6.45) is 3.34. The molecule has 1 aliphatic carbocycles. The topological polar surface area (TPSA) is 50.4 Å². The van der Waals surface area contributed by atoms with Crippen LogP contribution < -0.4 is 15.4 Å². The molecular weight excluding hydrogens is 284 g/mol. The lowest BCUT2D eigenvalue weighted by molar-refractivity contribution is 0.240. The molecular formula is C12H15BrN2O2. The molecule has 17 heavy (non-hydrogen) atoms. The molecule has 2 amide bonds. The van der Waals surface area contributed by atoms with Crippen LogP contribution in [0.1, 0.15) is 19.3 Å². The maximum atomic E-state index is 11.7. The molecule has 0 radical (unpaired) electrons. The first-order valence-corrected chi connectivity index (χ1v) is 6.39. The van der Waals surface area contributed by atoms with Crippen LogP contribution in [0.5, 0.6) is 5.75 Å². The summed E-state index contributed by atoms with van der Waals surface area (Å²) in [6, 6.07) is 5.65. The number of nitrogens with one attached hydrogen (secondary N) is 2. The van der Waals surface area contributed by atoms with Crippen LogP contribution in [0, 0.1) is 0 Å². The second-order valence-electron chi connectivity index (χ2n) is 4.07. The molecule has 1 fully saturated rings. The lowest BCUT2D eigenvalue weighted by atomic mass is 9.93. The van der Waals surface area contributed by atoms with Gasteiger partial charge in [-0.3, -0.25) is 0 Å². The Morgan fingerprint density at radius 2 is 2.24 bits per heavy atom. The maximum absolute atomic E-state index is 11.7. The number of amides is 2. The first-order chi connectivity index (χ1) is 8.19. The number of carbonyl (C=O) groups excluding carboxylic acids is 1. The Labute approximate surface area is 109 Å². The molecule has 4 nitrogen and oxygen atoms in total. The average Bonchev–Trinajstić information content (AvgIpc) is 2.24. The van der Waals surface area contributed by atoms with Crippen molar-refractivity contribution in [2.75, 3.05) is 12.4 Å². The molecule has 1 aromatic rings. The number of ether oxygens (including phenoxy) is 1. The highest BCUT2D eigenvalue weighted by Crippen LogP contribution is 2.28. The SMILES string of the molecule is COc1ccc(Br)cc1NC(=O)NC1CCC1. The van der Waals surface area contributed by atoms with E-state index in [0.717, 1.165) is 17.3 Å². The molecule has 2 N–H and O–H groups in total. The predicted molar refractivity (Wildman–Crippen MR) is 70.5 cm³/mol. The standard InChI is InChI=1S/C12H15BrN2O2/c1-17-11-6-5-8(13)7-10(11)15-12(16)14-9-3-2-4-9/h5-7,9H,2-4H2,1H3,(H2,14,15,16). The lowest BCUT2D eigenvalue weighted by Crippen LogP contribution is -2.41. The number of hydrogen-bond donors (Lipinski definition) is 2. The van der Waals surface area contributed by atoms with Crippen molar-refractivity contribution in [2.45, 2.75) is 25.3 Å². The van der Waals surface area contributed by atoms with Gasteiger partial charge in [0, 0.05) is 10.5 Å². The summed E-state index contributed by atoms with van der Waals surface area (Å²) >= 11 is 3.36. The summed E-state index contributed by atoms with van der Waals surface area (Å²) in [6.45, 7) is 0. The summed E-state index contributed by atoms with van der Waals surface area (Å²) < 4.78 is 6.08. The van der Waals surface area contributed by atoms with Crippen molar-refractivity contribution in [3.05, 3.63) is 22.7 Å². The van der Waals surface area contributed by atoms with E-state index >= 15 is 0 Å². The van der Waals surface area contributed by atoms with Gasteiger partial charge in [0.25, 0.3) is 0 Å². The van der Waals surface area contributed by atoms with E-state index in [0.29, 0.717) is 17.5 Å². The van der Waals surface area contributed by atoms with Gasteiger partial charge in [0.05, 0.1) is 12.8 Å². The highest BCUT2D eigenvalue weighted by atomic mass is 79.9. The largest absolute Gasteiger partial charge is 0.495 e. The maximum Gasteiger partial charge on any atom is 0.319 e. The van der Waals surface area contributed by atoms with Crippen LogP contribution in [0.4, 0.5) is 10.5 Å². The minimum Gasteiger partial charge on any atom is -0.495 e. The first kappa shape index (κ1) is 12.2. The Kier molecular flexibility index (Phi) is 3.89. The molecule has 0 saturated heterocycles. The van der Waals surface area contributed by atoms with Gasteiger partial charge in [0.1, 0.15) is 5.75 Å². The van der Waals surface area contributed by atoms with Gasteiger partial charge < -0.3 is 15.4 Å². The molecule has 0 aliphatic heterocycles. The third-order valence-corrected chi connectivity index (χ3v) is 3.34. The number of methoxy groups -OCH3 is 1. The molecule has 0 atom stereocenters. The zero-order chi connectivity index (χ0) is 12.3. The smallest absolute Gasteiger partial charge is 0.319 e. The quantitative estimate of drug-likeness (QED) is 0.901. The third-order valence-electron chi connectivity index (χ3n) is 2.85. The highest BCUT2D eigenvalue weighted by Gasteiger charge is 2.19. The van der Waals surface area contributed by atoms with Crippen molar-refractivity contribution in [1.29, 1.82) is 0 Å². The van der Waals surface area contributed by atoms with Crippen LogP contribution in [0.25, 0.3) is 0 Å². The van der Waals surface area contributed by atoms with Crippen LogP contribution in [0.15, 0.2) is 22.7 Å². The predicted octanol–water partition coefficient (Wildman–Crippen LogP) is 3.13. The van der Waals surface area contributed by atoms with Crippen LogP contribution in [0.3, 0.4) is 0 Å². The second kappa shape index (κ2) is 5.40. The van der Waals surface area contributed by atoms with Gasteiger partial charge in [-0.2, -0.15) is 0 Å². The van der Waals surface area contributed by atoms with Gasteiger partial charge in [-0.15, -0.1) is 0 Å². The van der Waals surface area contributed by atoms with Crippen molar-refractivity contribution >= 4 is 27.6 Å². The van der Waals surface area contributed by atoms with E-state index in [1.54, 1.807) is 7.11 Å². The summed E-state index contributed by atoms with van der Waals surface area (Å²) in [5, 5.41) is 5.71. The van der Waals surface area contributed by atoms with Crippen LogP contribution >= 0.6 is 15.9 Å². The third kappa shape index (κ3) is 3.12. The molecule has 1 saturated carbocycles.